The Kier molecular flexibility index (Phi) is 5.59. The highest BCUT2D eigenvalue weighted by atomic mass is 32.2. The minimum Gasteiger partial charge on any atom is -0.390 e. The summed E-state index contributed by atoms with van der Waals surface area (Å²) >= 11 is 0. The lowest BCUT2D eigenvalue weighted by atomic mass is 10.1. The summed E-state index contributed by atoms with van der Waals surface area (Å²) in [7, 11) is -3.75. The van der Waals surface area contributed by atoms with Crippen LogP contribution in [0.5, 0.6) is 0 Å². The van der Waals surface area contributed by atoms with E-state index in [0.717, 1.165) is 0 Å². The zero-order chi connectivity index (χ0) is 16.9. The van der Waals surface area contributed by atoms with Gasteiger partial charge in [0.15, 0.2) is 5.78 Å². The van der Waals surface area contributed by atoms with Gasteiger partial charge in [-0.15, -0.1) is 0 Å². The van der Waals surface area contributed by atoms with Crippen molar-refractivity contribution in [2.45, 2.75) is 31.4 Å². The van der Waals surface area contributed by atoms with Gasteiger partial charge in [0.05, 0.1) is 29.4 Å². The van der Waals surface area contributed by atoms with E-state index in [2.05, 4.69) is 9.71 Å². The van der Waals surface area contributed by atoms with Crippen molar-refractivity contribution in [2.75, 3.05) is 0 Å². The van der Waals surface area contributed by atoms with Crippen LogP contribution >= 0.6 is 0 Å². The molecular weight excluding hydrogens is 316 g/mol. The fourth-order valence-corrected chi connectivity index (χ4v) is 3.05. The van der Waals surface area contributed by atoms with Gasteiger partial charge in [-0.3, -0.25) is 9.78 Å². The molecule has 0 atom stereocenters. The van der Waals surface area contributed by atoms with Crippen molar-refractivity contribution in [3.05, 3.63) is 59.4 Å². The van der Waals surface area contributed by atoms with E-state index in [9.17, 15) is 13.2 Å². The zero-order valence-corrected chi connectivity index (χ0v) is 13.5. The van der Waals surface area contributed by atoms with Crippen LogP contribution in [0.1, 0.15) is 35.1 Å². The van der Waals surface area contributed by atoms with Crippen molar-refractivity contribution in [3.8, 4) is 0 Å². The number of pyridine rings is 1. The molecule has 0 bridgehead atoms. The number of hydrogen-bond acceptors (Lipinski definition) is 5. The summed E-state index contributed by atoms with van der Waals surface area (Å²) in [4.78, 5) is 15.8. The van der Waals surface area contributed by atoms with E-state index in [1.807, 2.05) is 0 Å². The number of ketones is 1. The van der Waals surface area contributed by atoms with Gasteiger partial charge < -0.3 is 5.11 Å². The standard InChI is InChI=1S/C16H18N2O4S/c1-2-16(20)12-5-3-8-15(9-12)23(21,22)17-10-13-6-4-7-14(11-19)18-13/h3-9,17,19H,2,10-11H2,1H3. The number of nitrogens with zero attached hydrogens (tertiary/aromatic N) is 1. The van der Waals surface area contributed by atoms with E-state index in [4.69, 9.17) is 5.11 Å². The van der Waals surface area contributed by atoms with Crippen LogP contribution in [0.2, 0.25) is 0 Å². The summed E-state index contributed by atoms with van der Waals surface area (Å²) in [5.74, 6) is -0.112. The predicted octanol–water partition coefficient (Wildman–Crippen LogP) is 1.65. The molecule has 0 amide bonds. The monoisotopic (exact) mass is 334 g/mol. The minimum absolute atomic E-state index is 0.00211. The molecule has 0 aliphatic carbocycles. The van der Waals surface area contributed by atoms with Crippen LogP contribution in [-0.2, 0) is 23.2 Å². The first kappa shape index (κ1) is 17.3. The van der Waals surface area contributed by atoms with Crippen LogP contribution in [0.3, 0.4) is 0 Å². The van der Waals surface area contributed by atoms with Crippen molar-refractivity contribution >= 4 is 15.8 Å². The lowest BCUT2D eigenvalue weighted by molar-refractivity contribution is 0.0988. The second-order valence-corrected chi connectivity index (χ2v) is 6.67. The first-order valence-corrected chi connectivity index (χ1v) is 8.63. The maximum absolute atomic E-state index is 12.3. The van der Waals surface area contributed by atoms with Gasteiger partial charge in [0.1, 0.15) is 0 Å². The van der Waals surface area contributed by atoms with Crippen LogP contribution in [0.25, 0.3) is 0 Å². The van der Waals surface area contributed by atoms with Crippen LogP contribution in [0.15, 0.2) is 47.4 Å². The highest BCUT2D eigenvalue weighted by molar-refractivity contribution is 7.89. The number of carbonyl (C=O) groups is 1. The Bertz CT molecular complexity index is 803. The van der Waals surface area contributed by atoms with Crippen molar-refractivity contribution in [2.24, 2.45) is 0 Å². The first-order valence-electron chi connectivity index (χ1n) is 7.15. The third-order valence-electron chi connectivity index (χ3n) is 3.26. The van der Waals surface area contributed by atoms with E-state index in [1.165, 1.54) is 12.1 Å². The molecule has 0 saturated heterocycles. The predicted molar refractivity (Wildman–Crippen MR) is 85.2 cm³/mol. The number of carbonyl (C=O) groups excluding carboxylic acids is 1. The molecule has 2 rings (SSSR count). The largest absolute Gasteiger partial charge is 0.390 e. The van der Waals surface area contributed by atoms with Gasteiger partial charge in [-0.05, 0) is 24.3 Å². The van der Waals surface area contributed by atoms with Crippen LogP contribution in [-0.4, -0.2) is 24.3 Å². The van der Waals surface area contributed by atoms with Gasteiger partial charge in [0, 0.05) is 12.0 Å². The van der Waals surface area contributed by atoms with E-state index < -0.39 is 10.0 Å². The van der Waals surface area contributed by atoms with Gasteiger partial charge in [-0.2, -0.15) is 0 Å². The Balaban J connectivity index is 2.17. The molecule has 6 nitrogen and oxygen atoms in total. The lowest BCUT2D eigenvalue weighted by Gasteiger charge is -2.08. The Morgan fingerprint density at radius 2 is 1.87 bits per heavy atom. The molecule has 23 heavy (non-hydrogen) atoms. The second kappa shape index (κ2) is 7.45. The SMILES string of the molecule is CCC(=O)c1cccc(S(=O)(=O)NCc2cccc(CO)n2)c1. The number of benzene rings is 1. The number of aliphatic hydroxyl groups is 1. The Morgan fingerprint density at radius 3 is 2.57 bits per heavy atom. The molecule has 2 aromatic rings. The van der Waals surface area contributed by atoms with Crippen molar-refractivity contribution < 1.29 is 18.3 Å². The van der Waals surface area contributed by atoms with Crippen molar-refractivity contribution in [1.29, 1.82) is 0 Å². The molecule has 122 valence electrons. The lowest BCUT2D eigenvalue weighted by Crippen LogP contribution is -2.24. The van der Waals surface area contributed by atoms with Gasteiger partial charge in [-0.1, -0.05) is 25.1 Å². The summed E-state index contributed by atoms with van der Waals surface area (Å²) < 4.78 is 27.1. The van der Waals surface area contributed by atoms with Crippen LogP contribution in [0, 0.1) is 0 Å². The Morgan fingerprint density at radius 1 is 1.17 bits per heavy atom. The summed E-state index contributed by atoms with van der Waals surface area (Å²) in [5.41, 5.74) is 1.34. The highest BCUT2D eigenvalue weighted by Gasteiger charge is 2.16. The average molecular weight is 334 g/mol. The second-order valence-electron chi connectivity index (χ2n) is 4.91. The van der Waals surface area contributed by atoms with Crippen molar-refractivity contribution in [1.82, 2.24) is 9.71 Å². The van der Waals surface area contributed by atoms with Crippen molar-refractivity contribution in [3.63, 3.8) is 0 Å². The third kappa shape index (κ3) is 4.44. The quantitative estimate of drug-likeness (QED) is 0.751. The topological polar surface area (TPSA) is 96.4 Å². The number of aliphatic hydroxyl groups excluding tert-OH is 1. The number of hydrogen-bond donors (Lipinski definition) is 2. The molecule has 1 aromatic heterocycles. The average Bonchev–Trinajstić information content (AvgIpc) is 2.59. The van der Waals surface area contributed by atoms with E-state index >= 15 is 0 Å². The summed E-state index contributed by atoms with van der Waals surface area (Å²) in [6.07, 6.45) is 0.314. The molecule has 0 unspecified atom stereocenters. The van der Waals surface area contributed by atoms with Gasteiger partial charge >= 0.3 is 0 Å². The summed E-state index contributed by atoms with van der Waals surface area (Å²) in [6, 6.07) is 11.0. The highest BCUT2D eigenvalue weighted by Crippen LogP contribution is 2.13. The molecule has 0 radical (unpaired) electrons. The van der Waals surface area contributed by atoms with Gasteiger partial charge in [-0.25, -0.2) is 13.1 Å². The molecule has 0 aliphatic rings. The third-order valence-corrected chi connectivity index (χ3v) is 4.66. The van der Waals surface area contributed by atoms with E-state index in [0.29, 0.717) is 23.4 Å². The zero-order valence-electron chi connectivity index (χ0n) is 12.7. The molecule has 0 spiro atoms. The minimum atomic E-state index is -3.75. The fourth-order valence-electron chi connectivity index (χ4n) is 2.01. The van der Waals surface area contributed by atoms with E-state index in [1.54, 1.807) is 37.3 Å². The molecule has 1 heterocycles. The molecule has 0 aliphatic heterocycles. The molecular formula is C16H18N2O4S. The van der Waals surface area contributed by atoms with Crippen LogP contribution < -0.4 is 4.72 Å². The summed E-state index contributed by atoms with van der Waals surface area (Å²) in [6.45, 7) is 1.52. The first-order chi connectivity index (χ1) is 11.0. The molecule has 0 saturated carbocycles. The maximum atomic E-state index is 12.3. The number of sulfonamides is 1. The van der Waals surface area contributed by atoms with E-state index in [-0.39, 0.29) is 23.8 Å². The molecule has 2 N–H and O–H groups in total. The van der Waals surface area contributed by atoms with Gasteiger partial charge in [0.2, 0.25) is 10.0 Å². The molecule has 0 fully saturated rings. The number of rotatable bonds is 7. The van der Waals surface area contributed by atoms with Gasteiger partial charge in [0.25, 0.3) is 0 Å². The molecule has 7 heteroatoms. The number of nitrogens with one attached hydrogen (secondary N) is 1. The normalized spacial score (nSPS) is 11.4. The maximum Gasteiger partial charge on any atom is 0.240 e. The smallest absolute Gasteiger partial charge is 0.240 e. The summed E-state index contributed by atoms with van der Waals surface area (Å²) in [5, 5.41) is 9.04. The fraction of sp³-hybridized carbons (Fsp3) is 0.250. The van der Waals surface area contributed by atoms with Crippen LogP contribution in [0.4, 0.5) is 0 Å². The molecule has 1 aromatic carbocycles. The number of aromatic nitrogens is 1. The Labute approximate surface area is 135 Å². The number of Topliss-reactive ketones (excluding diaryl/α,β-unsaturated/α-hetero) is 1. The Hall–Kier alpha value is -2.09.